The largest absolute Gasteiger partial charge is 0.390 e. The fourth-order valence-corrected chi connectivity index (χ4v) is 4.76. The summed E-state index contributed by atoms with van der Waals surface area (Å²) in [5, 5.41) is 18.2. The number of likely N-dealkylation sites (tertiary alicyclic amines) is 1. The number of rotatable bonds is 6. The first-order valence-corrected chi connectivity index (χ1v) is 12.0. The van der Waals surface area contributed by atoms with Gasteiger partial charge in [0.15, 0.2) is 0 Å². The molecule has 33 heavy (non-hydrogen) atoms. The van der Waals surface area contributed by atoms with E-state index in [0.717, 1.165) is 48.9 Å². The minimum atomic E-state index is -0.449. The highest BCUT2D eigenvalue weighted by molar-refractivity contribution is 6.30. The van der Waals surface area contributed by atoms with Gasteiger partial charge in [0.05, 0.1) is 23.5 Å². The van der Waals surface area contributed by atoms with Crippen LogP contribution in [0.2, 0.25) is 5.02 Å². The monoisotopic (exact) mass is 471 g/mol. The maximum atomic E-state index is 12.2. The minimum Gasteiger partial charge on any atom is -0.390 e. The van der Waals surface area contributed by atoms with E-state index in [4.69, 9.17) is 11.6 Å². The van der Waals surface area contributed by atoms with Gasteiger partial charge in [-0.15, -0.1) is 0 Å². The molecule has 4 rings (SSSR count). The number of nitrogens with one attached hydrogen (secondary N) is 2. The maximum absolute atomic E-state index is 12.2. The number of para-hydroxylation sites is 2. The summed E-state index contributed by atoms with van der Waals surface area (Å²) in [7, 11) is 3.44. The number of hydrogen-bond acceptors (Lipinski definition) is 5. The Morgan fingerprint density at radius 1 is 1.09 bits per heavy atom. The molecule has 2 unspecified atom stereocenters. The van der Waals surface area contributed by atoms with Crippen molar-refractivity contribution in [3.63, 3.8) is 0 Å². The number of anilines is 2. The third-order valence-electron chi connectivity index (χ3n) is 6.54. The van der Waals surface area contributed by atoms with E-state index in [0.29, 0.717) is 19.1 Å². The molecule has 0 aliphatic carbocycles. The first-order valence-electron chi connectivity index (χ1n) is 11.6. The predicted molar refractivity (Wildman–Crippen MR) is 134 cm³/mol. The Labute approximate surface area is 201 Å². The summed E-state index contributed by atoms with van der Waals surface area (Å²) >= 11 is 5.99. The molecule has 0 bridgehead atoms. The predicted octanol–water partition coefficient (Wildman–Crippen LogP) is 3.24. The summed E-state index contributed by atoms with van der Waals surface area (Å²) in [5.74, 6) is 0. The highest BCUT2D eigenvalue weighted by Gasteiger charge is 2.34. The Morgan fingerprint density at radius 3 is 2.48 bits per heavy atom. The summed E-state index contributed by atoms with van der Waals surface area (Å²) in [6, 6.07) is 16.1. The van der Waals surface area contributed by atoms with Crippen LogP contribution in [0.3, 0.4) is 0 Å². The van der Waals surface area contributed by atoms with Gasteiger partial charge in [0.25, 0.3) is 0 Å². The van der Waals surface area contributed by atoms with Crippen LogP contribution in [0.4, 0.5) is 16.2 Å². The first-order chi connectivity index (χ1) is 15.9. The lowest BCUT2D eigenvalue weighted by Gasteiger charge is -2.34. The molecule has 2 atom stereocenters. The third-order valence-corrected chi connectivity index (χ3v) is 6.79. The molecule has 3 N–H and O–H groups in total. The fourth-order valence-electron chi connectivity index (χ4n) is 4.64. The van der Waals surface area contributed by atoms with Gasteiger partial charge in [-0.25, -0.2) is 4.79 Å². The number of aliphatic hydroxyl groups excluding tert-OH is 1. The van der Waals surface area contributed by atoms with Gasteiger partial charge < -0.3 is 25.5 Å². The zero-order valence-corrected chi connectivity index (χ0v) is 20.1. The second-order valence-electron chi connectivity index (χ2n) is 9.26. The molecular weight excluding hydrogens is 438 g/mol. The number of hydrogen-bond donors (Lipinski definition) is 3. The molecule has 0 spiro atoms. The molecule has 7 nitrogen and oxygen atoms in total. The van der Waals surface area contributed by atoms with Gasteiger partial charge in [-0.05, 0) is 55.8 Å². The lowest BCUT2D eigenvalue weighted by atomic mass is 10.0. The highest BCUT2D eigenvalue weighted by atomic mass is 35.5. The molecule has 0 aromatic heterocycles. The quantitative estimate of drug-likeness (QED) is 0.603. The molecule has 0 saturated carbocycles. The molecule has 2 fully saturated rings. The van der Waals surface area contributed by atoms with Crippen molar-refractivity contribution in [2.24, 2.45) is 0 Å². The summed E-state index contributed by atoms with van der Waals surface area (Å²) < 4.78 is 0. The summed E-state index contributed by atoms with van der Waals surface area (Å²) in [5.41, 5.74) is 2.99. The van der Waals surface area contributed by atoms with Crippen LogP contribution in [0, 0.1) is 0 Å². The molecular formula is C25H34ClN5O2. The SMILES string of the molecule is CN(C)C(=O)Nc1ccccc1N1CC(O)C(NC2CCN(Cc3ccc(Cl)cc3)CC2)C1. The average Bonchev–Trinajstić information content (AvgIpc) is 3.17. The van der Waals surface area contributed by atoms with E-state index in [-0.39, 0.29) is 12.1 Å². The summed E-state index contributed by atoms with van der Waals surface area (Å²) in [4.78, 5) is 18.3. The number of halogens is 1. The molecule has 2 saturated heterocycles. The van der Waals surface area contributed by atoms with Crippen molar-refractivity contribution >= 4 is 29.0 Å². The molecule has 2 amide bonds. The Hall–Kier alpha value is -2.32. The zero-order chi connectivity index (χ0) is 23.4. The van der Waals surface area contributed by atoms with E-state index in [1.54, 1.807) is 14.1 Å². The second-order valence-corrected chi connectivity index (χ2v) is 9.70. The molecule has 2 aromatic carbocycles. The number of nitrogens with zero attached hydrogens (tertiary/aromatic N) is 3. The van der Waals surface area contributed by atoms with Gasteiger partial charge in [-0.3, -0.25) is 4.90 Å². The molecule has 178 valence electrons. The number of benzene rings is 2. The normalized spacial score (nSPS) is 21.9. The molecule has 2 aromatic rings. The molecule has 0 radical (unpaired) electrons. The van der Waals surface area contributed by atoms with Gasteiger partial charge >= 0.3 is 6.03 Å². The van der Waals surface area contributed by atoms with E-state index in [1.807, 2.05) is 36.4 Å². The summed E-state index contributed by atoms with van der Waals surface area (Å²) in [6.07, 6.45) is 1.67. The molecule has 8 heteroatoms. The molecule has 2 aliphatic heterocycles. The lowest BCUT2D eigenvalue weighted by Crippen LogP contribution is -2.49. The third kappa shape index (κ3) is 6.18. The van der Waals surface area contributed by atoms with Crippen molar-refractivity contribution in [3.05, 3.63) is 59.1 Å². The van der Waals surface area contributed by atoms with Crippen LogP contribution in [0.1, 0.15) is 18.4 Å². The average molecular weight is 472 g/mol. The topological polar surface area (TPSA) is 71.1 Å². The van der Waals surface area contributed by atoms with Crippen LogP contribution in [-0.4, -0.2) is 79.4 Å². The van der Waals surface area contributed by atoms with Gasteiger partial charge in [-0.2, -0.15) is 0 Å². The number of carbonyl (C=O) groups is 1. The number of carbonyl (C=O) groups excluding carboxylic acids is 1. The Morgan fingerprint density at radius 2 is 1.79 bits per heavy atom. The lowest BCUT2D eigenvalue weighted by molar-refractivity contribution is 0.136. The van der Waals surface area contributed by atoms with E-state index in [1.165, 1.54) is 10.5 Å². The first kappa shape index (κ1) is 23.8. The number of piperidine rings is 1. The van der Waals surface area contributed by atoms with Gasteiger partial charge in [0.1, 0.15) is 0 Å². The molecule has 2 heterocycles. The van der Waals surface area contributed by atoms with E-state index in [9.17, 15) is 9.90 Å². The van der Waals surface area contributed by atoms with E-state index < -0.39 is 6.10 Å². The van der Waals surface area contributed by atoms with Crippen LogP contribution in [0.15, 0.2) is 48.5 Å². The summed E-state index contributed by atoms with van der Waals surface area (Å²) in [6.45, 7) is 4.26. The smallest absolute Gasteiger partial charge is 0.321 e. The zero-order valence-electron chi connectivity index (χ0n) is 19.4. The maximum Gasteiger partial charge on any atom is 0.321 e. The molecule has 2 aliphatic rings. The Kier molecular flexibility index (Phi) is 7.75. The number of aliphatic hydroxyl groups is 1. The Balaban J connectivity index is 1.30. The second kappa shape index (κ2) is 10.7. The van der Waals surface area contributed by atoms with E-state index >= 15 is 0 Å². The minimum absolute atomic E-state index is 0.00965. The van der Waals surface area contributed by atoms with Crippen LogP contribution in [0.5, 0.6) is 0 Å². The standard InChI is InChI=1S/C25H34ClN5O2/c1-29(2)25(33)28-21-5-3-4-6-23(21)31-16-22(24(32)17-31)27-20-11-13-30(14-12-20)15-18-7-9-19(26)10-8-18/h3-10,20,22,24,27,32H,11-17H2,1-2H3,(H,28,33). The van der Waals surface area contributed by atoms with Crippen molar-refractivity contribution in [2.45, 2.75) is 37.6 Å². The van der Waals surface area contributed by atoms with Gasteiger partial charge in [-0.1, -0.05) is 35.9 Å². The number of β-amino-alcohol motifs (C(OH)–C–C–N with tert-alkyl or cyclic N) is 1. The number of urea groups is 1. The highest BCUT2D eigenvalue weighted by Crippen LogP contribution is 2.29. The van der Waals surface area contributed by atoms with Crippen molar-refractivity contribution in [1.29, 1.82) is 0 Å². The van der Waals surface area contributed by atoms with Crippen molar-refractivity contribution in [1.82, 2.24) is 15.1 Å². The van der Waals surface area contributed by atoms with Crippen LogP contribution in [-0.2, 0) is 6.54 Å². The van der Waals surface area contributed by atoms with Crippen molar-refractivity contribution < 1.29 is 9.90 Å². The van der Waals surface area contributed by atoms with Crippen molar-refractivity contribution in [2.75, 3.05) is 50.5 Å². The van der Waals surface area contributed by atoms with Crippen LogP contribution < -0.4 is 15.5 Å². The Bertz CT molecular complexity index is 931. The van der Waals surface area contributed by atoms with Gasteiger partial charge in [0.2, 0.25) is 0 Å². The van der Waals surface area contributed by atoms with Crippen LogP contribution >= 0.6 is 11.6 Å². The van der Waals surface area contributed by atoms with Gasteiger partial charge in [0, 0.05) is 44.8 Å². The van der Waals surface area contributed by atoms with Crippen molar-refractivity contribution in [3.8, 4) is 0 Å². The number of amides is 2. The van der Waals surface area contributed by atoms with E-state index in [2.05, 4.69) is 32.6 Å². The fraction of sp³-hybridized carbons (Fsp3) is 0.480. The van der Waals surface area contributed by atoms with Crippen LogP contribution in [0.25, 0.3) is 0 Å².